The third-order valence-electron chi connectivity index (χ3n) is 7.45. The van der Waals surface area contributed by atoms with Crippen LogP contribution in [0.15, 0.2) is 53.6 Å². The van der Waals surface area contributed by atoms with Crippen LogP contribution in [-0.4, -0.2) is 25.9 Å². The van der Waals surface area contributed by atoms with Gasteiger partial charge in [0.25, 0.3) is 5.56 Å². The van der Waals surface area contributed by atoms with Gasteiger partial charge in [-0.15, -0.1) is 0 Å². The second-order valence-corrected chi connectivity index (χ2v) is 9.93. The second kappa shape index (κ2) is 10.4. The minimum atomic E-state index is -2.52. The zero-order chi connectivity index (χ0) is 26.1. The van der Waals surface area contributed by atoms with Gasteiger partial charge in [-0.3, -0.25) is 19.3 Å². The maximum absolute atomic E-state index is 14.6. The lowest BCUT2D eigenvalue weighted by atomic mass is 9.75. The van der Waals surface area contributed by atoms with Crippen molar-refractivity contribution >= 4 is 11.2 Å². The van der Waals surface area contributed by atoms with Crippen LogP contribution in [0.2, 0.25) is 0 Å². The molecule has 1 aliphatic rings. The molecule has 0 spiro atoms. The van der Waals surface area contributed by atoms with Gasteiger partial charge in [0.15, 0.2) is 5.65 Å². The monoisotopic (exact) mass is 506 g/mol. The Bertz CT molecular complexity index is 1470. The minimum Gasteiger partial charge on any atom is -0.285 e. The number of rotatable bonds is 6. The quantitative estimate of drug-likeness (QED) is 0.311. The molecule has 0 atom stereocenters. The van der Waals surface area contributed by atoms with Crippen LogP contribution in [0.1, 0.15) is 71.2 Å². The molecule has 0 saturated heterocycles. The molecule has 0 bridgehead atoms. The van der Waals surface area contributed by atoms with E-state index in [1.165, 1.54) is 10.6 Å². The summed E-state index contributed by atoms with van der Waals surface area (Å²) in [5.74, 6) is -0.0519. The minimum absolute atomic E-state index is 0.00107. The van der Waals surface area contributed by atoms with Crippen LogP contribution in [0.5, 0.6) is 0 Å². The lowest BCUT2D eigenvalue weighted by Gasteiger charge is -2.30. The molecule has 1 fully saturated rings. The van der Waals surface area contributed by atoms with Gasteiger partial charge in [-0.05, 0) is 86.3 Å². The molecule has 1 saturated carbocycles. The van der Waals surface area contributed by atoms with Gasteiger partial charge in [0.1, 0.15) is 11.3 Å². The topological polar surface area (TPSA) is 60.7 Å². The fraction of sp³-hybridized carbons (Fsp3) is 0.379. The fourth-order valence-corrected chi connectivity index (χ4v) is 5.64. The van der Waals surface area contributed by atoms with Gasteiger partial charge >= 0.3 is 0 Å². The van der Waals surface area contributed by atoms with Crippen molar-refractivity contribution in [1.82, 2.24) is 19.5 Å². The van der Waals surface area contributed by atoms with Gasteiger partial charge in [0, 0.05) is 24.4 Å². The zero-order valence-electron chi connectivity index (χ0n) is 20.9. The lowest BCUT2D eigenvalue weighted by molar-refractivity contribution is 0.148. The number of halogens is 3. The van der Waals surface area contributed by atoms with E-state index in [-0.39, 0.29) is 29.8 Å². The molecular formula is C29H29F3N4O. The van der Waals surface area contributed by atoms with E-state index in [1.54, 1.807) is 37.5 Å². The van der Waals surface area contributed by atoms with Gasteiger partial charge < -0.3 is 0 Å². The first-order valence-electron chi connectivity index (χ1n) is 12.6. The smallest absolute Gasteiger partial charge is 0.256 e. The van der Waals surface area contributed by atoms with E-state index in [1.807, 2.05) is 19.1 Å². The van der Waals surface area contributed by atoms with Gasteiger partial charge in [-0.2, -0.15) is 0 Å². The van der Waals surface area contributed by atoms with Gasteiger partial charge in [-0.1, -0.05) is 18.2 Å². The van der Waals surface area contributed by atoms with E-state index in [9.17, 15) is 18.0 Å². The van der Waals surface area contributed by atoms with E-state index >= 15 is 0 Å². The van der Waals surface area contributed by atoms with Crippen LogP contribution in [0, 0.1) is 19.7 Å². The van der Waals surface area contributed by atoms with Crippen LogP contribution in [0.25, 0.3) is 11.2 Å². The van der Waals surface area contributed by atoms with Crippen molar-refractivity contribution < 1.29 is 13.2 Å². The number of pyridine rings is 2. The maximum Gasteiger partial charge on any atom is 0.256 e. The largest absolute Gasteiger partial charge is 0.285 e. The second-order valence-electron chi connectivity index (χ2n) is 9.93. The van der Waals surface area contributed by atoms with Crippen LogP contribution in [-0.2, 0) is 13.0 Å². The predicted molar refractivity (Wildman–Crippen MR) is 137 cm³/mol. The summed E-state index contributed by atoms with van der Waals surface area (Å²) in [6.07, 6.45) is 3.31. The number of aryl methyl sites for hydroxylation is 2. The highest BCUT2D eigenvalue weighted by Crippen LogP contribution is 2.41. The zero-order valence-corrected chi connectivity index (χ0v) is 20.9. The highest BCUT2D eigenvalue weighted by atomic mass is 19.3. The van der Waals surface area contributed by atoms with E-state index < -0.39 is 12.8 Å². The Hall–Kier alpha value is -3.55. The Kier molecular flexibility index (Phi) is 7.09. The lowest BCUT2D eigenvalue weighted by Crippen LogP contribution is -2.29. The average Bonchev–Trinajstić information content (AvgIpc) is 2.87. The first kappa shape index (κ1) is 25.1. The maximum atomic E-state index is 14.6. The number of benzene rings is 1. The molecule has 1 aromatic carbocycles. The summed E-state index contributed by atoms with van der Waals surface area (Å²) in [5.41, 5.74) is 4.65. The molecule has 192 valence electrons. The van der Waals surface area contributed by atoms with Crippen molar-refractivity contribution in [1.29, 1.82) is 0 Å². The molecule has 4 aromatic rings. The van der Waals surface area contributed by atoms with Crippen molar-refractivity contribution in [3.8, 4) is 0 Å². The summed E-state index contributed by atoms with van der Waals surface area (Å²) in [4.78, 5) is 27.3. The number of hydrogen-bond donors (Lipinski definition) is 0. The Morgan fingerprint density at radius 1 is 1.03 bits per heavy atom. The fourth-order valence-electron chi connectivity index (χ4n) is 5.64. The number of hydrogen-bond acceptors (Lipinski definition) is 4. The van der Waals surface area contributed by atoms with Crippen LogP contribution < -0.4 is 5.56 Å². The van der Waals surface area contributed by atoms with E-state index in [2.05, 4.69) is 15.0 Å². The predicted octanol–water partition coefficient (Wildman–Crippen LogP) is 6.24. The third kappa shape index (κ3) is 5.15. The average molecular weight is 507 g/mol. The summed E-state index contributed by atoms with van der Waals surface area (Å²) in [5, 5.41) is 0. The number of aromatic nitrogens is 4. The molecule has 3 aromatic heterocycles. The first-order valence-corrected chi connectivity index (χ1v) is 12.6. The van der Waals surface area contributed by atoms with Crippen molar-refractivity contribution in [2.75, 3.05) is 0 Å². The highest BCUT2D eigenvalue weighted by molar-refractivity contribution is 5.71. The van der Waals surface area contributed by atoms with Gasteiger partial charge in [-0.25, -0.2) is 18.2 Å². The van der Waals surface area contributed by atoms with E-state index in [4.69, 9.17) is 0 Å². The molecule has 5 rings (SSSR count). The number of fused-ring (bicyclic) bond motifs is 1. The molecular weight excluding hydrogens is 477 g/mol. The Morgan fingerprint density at radius 3 is 2.51 bits per heavy atom. The molecule has 8 heteroatoms. The van der Waals surface area contributed by atoms with Crippen LogP contribution >= 0.6 is 0 Å². The standard InChI is InChI=1S/C29H29F3N4O/c1-17-5-3-7-23(30)27(17)20-10-8-19(9-11-20)22-14-24-28(35-18(2)15-34-24)36(29(22)37)16-25-21(13-26(31)32)6-4-12-33-25/h3-7,12,14-15,19-20,26H,8-11,13,16H2,1-2H3/t19-,20-. The number of alkyl halides is 2. The van der Waals surface area contributed by atoms with E-state index in [0.29, 0.717) is 33.7 Å². The highest BCUT2D eigenvalue weighted by Gasteiger charge is 2.29. The van der Waals surface area contributed by atoms with Gasteiger partial charge in [0.2, 0.25) is 6.43 Å². The molecule has 0 amide bonds. The van der Waals surface area contributed by atoms with E-state index in [0.717, 1.165) is 36.8 Å². The molecule has 1 aliphatic carbocycles. The molecule has 0 N–H and O–H groups in total. The summed E-state index contributed by atoms with van der Waals surface area (Å²) in [6, 6.07) is 10.2. The molecule has 0 radical (unpaired) electrons. The third-order valence-corrected chi connectivity index (χ3v) is 7.45. The number of nitrogens with zero attached hydrogens (tertiary/aromatic N) is 4. The van der Waals surface area contributed by atoms with Gasteiger partial charge in [0.05, 0.1) is 17.9 Å². The molecule has 5 nitrogen and oxygen atoms in total. The normalized spacial score (nSPS) is 18.0. The first-order chi connectivity index (χ1) is 17.8. The molecule has 37 heavy (non-hydrogen) atoms. The summed E-state index contributed by atoms with van der Waals surface area (Å²) in [6.45, 7) is 3.77. The summed E-state index contributed by atoms with van der Waals surface area (Å²) in [7, 11) is 0. The van der Waals surface area contributed by atoms with Crippen molar-refractivity contribution in [3.05, 3.63) is 98.6 Å². The Balaban J connectivity index is 1.51. The van der Waals surface area contributed by atoms with Crippen LogP contribution in [0.4, 0.5) is 13.2 Å². The molecule has 3 heterocycles. The summed E-state index contributed by atoms with van der Waals surface area (Å²) >= 11 is 0. The Morgan fingerprint density at radius 2 is 1.78 bits per heavy atom. The molecule has 0 aliphatic heterocycles. The SMILES string of the molecule is Cc1cnc2cc([C@H]3CC[C@H](c4c(C)cccc4F)CC3)c(=O)n(Cc3ncccc3CC(F)F)c2n1. The van der Waals surface area contributed by atoms with Crippen LogP contribution in [0.3, 0.4) is 0 Å². The van der Waals surface area contributed by atoms with Crippen molar-refractivity contribution in [2.45, 2.75) is 70.8 Å². The Labute approximate surface area is 213 Å². The summed E-state index contributed by atoms with van der Waals surface area (Å²) < 4.78 is 42.5. The van der Waals surface area contributed by atoms with Crippen molar-refractivity contribution in [3.63, 3.8) is 0 Å². The van der Waals surface area contributed by atoms with Crippen molar-refractivity contribution in [2.24, 2.45) is 0 Å². The molecule has 0 unspecified atom stereocenters.